The van der Waals surface area contributed by atoms with Crippen LogP contribution in [0.15, 0.2) is 10.6 Å². The maximum atomic E-state index is 11.5. The first-order valence-corrected chi connectivity index (χ1v) is 5.00. The summed E-state index contributed by atoms with van der Waals surface area (Å²) in [7, 11) is 0. The Morgan fingerprint density at radius 3 is 2.88 bits per heavy atom. The zero-order valence-corrected chi connectivity index (χ0v) is 8.77. The smallest absolute Gasteiger partial charge is 0.307 e. The zero-order valence-electron chi connectivity index (χ0n) is 8.77. The van der Waals surface area contributed by atoms with Crippen molar-refractivity contribution in [1.29, 1.82) is 0 Å². The van der Waals surface area contributed by atoms with E-state index in [0.717, 1.165) is 0 Å². The molecule has 2 rings (SSSR count). The minimum atomic E-state index is -0.905. The Balaban J connectivity index is 1.79. The van der Waals surface area contributed by atoms with Gasteiger partial charge in [0.15, 0.2) is 0 Å². The summed E-state index contributed by atoms with van der Waals surface area (Å²) in [5.74, 6) is -1.35. The third kappa shape index (κ3) is 2.21. The van der Waals surface area contributed by atoms with Crippen molar-refractivity contribution in [2.24, 2.45) is 11.8 Å². The van der Waals surface area contributed by atoms with Crippen LogP contribution in [0.4, 0.5) is 0 Å². The first-order chi connectivity index (χ1) is 7.58. The van der Waals surface area contributed by atoms with E-state index in [1.165, 1.54) is 0 Å². The molecular formula is C10H12N2O4. The molecule has 2 atom stereocenters. The number of rotatable bonds is 4. The first kappa shape index (κ1) is 10.7. The summed E-state index contributed by atoms with van der Waals surface area (Å²) in [5, 5.41) is 15.0. The van der Waals surface area contributed by atoms with Crippen LogP contribution in [0, 0.1) is 18.8 Å². The third-order valence-electron chi connectivity index (χ3n) is 2.56. The van der Waals surface area contributed by atoms with Gasteiger partial charge in [-0.3, -0.25) is 9.59 Å². The summed E-state index contributed by atoms with van der Waals surface area (Å²) in [6, 6.07) is 1.72. The van der Waals surface area contributed by atoms with Crippen molar-refractivity contribution in [2.75, 3.05) is 0 Å². The maximum Gasteiger partial charge on any atom is 0.307 e. The summed E-state index contributed by atoms with van der Waals surface area (Å²) in [6.45, 7) is 2.04. The fourth-order valence-corrected chi connectivity index (χ4v) is 1.57. The summed E-state index contributed by atoms with van der Waals surface area (Å²) in [4.78, 5) is 22.0. The second-order valence-electron chi connectivity index (χ2n) is 3.93. The number of carbonyl (C=O) groups is 2. The quantitative estimate of drug-likeness (QED) is 0.768. The lowest BCUT2D eigenvalue weighted by molar-refractivity contribution is -0.140. The number of nitrogens with one attached hydrogen (secondary N) is 1. The van der Waals surface area contributed by atoms with Gasteiger partial charge in [-0.2, -0.15) is 0 Å². The highest BCUT2D eigenvalue weighted by molar-refractivity contribution is 5.89. The molecule has 1 aromatic heterocycles. The maximum absolute atomic E-state index is 11.5. The number of carbonyl (C=O) groups excluding carboxylic acids is 1. The van der Waals surface area contributed by atoms with Gasteiger partial charge in [0, 0.05) is 6.07 Å². The van der Waals surface area contributed by atoms with Gasteiger partial charge >= 0.3 is 5.97 Å². The van der Waals surface area contributed by atoms with Gasteiger partial charge in [0.1, 0.15) is 11.5 Å². The minimum Gasteiger partial charge on any atom is -0.481 e. The zero-order chi connectivity index (χ0) is 11.7. The van der Waals surface area contributed by atoms with Crippen LogP contribution in [-0.4, -0.2) is 22.1 Å². The Bertz CT molecular complexity index is 426. The third-order valence-corrected chi connectivity index (χ3v) is 2.56. The Morgan fingerprint density at radius 2 is 2.38 bits per heavy atom. The van der Waals surface area contributed by atoms with Crippen molar-refractivity contribution in [1.82, 2.24) is 10.5 Å². The highest BCUT2D eigenvalue weighted by Gasteiger charge is 2.48. The Morgan fingerprint density at radius 1 is 1.62 bits per heavy atom. The number of aryl methyl sites for hydroxylation is 1. The van der Waals surface area contributed by atoms with Crippen LogP contribution in [0.25, 0.3) is 0 Å². The normalized spacial score (nSPS) is 22.8. The standard InChI is InChI=1S/C10H12N2O4/c1-5-2-6(12-16-5)4-11-9(13)7-3-8(7)10(14)15/h2,7-8H,3-4H2,1H3,(H,11,13)(H,14,15). The number of nitrogens with zero attached hydrogens (tertiary/aromatic N) is 1. The van der Waals surface area contributed by atoms with Gasteiger partial charge in [0.2, 0.25) is 5.91 Å². The van der Waals surface area contributed by atoms with Crippen LogP contribution in [0.3, 0.4) is 0 Å². The number of aromatic nitrogens is 1. The summed E-state index contributed by atoms with van der Waals surface area (Å²) < 4.78 is 4.84. The number of amides is 1. The van der Waals surface area contributed by atoms with E-state index in [9.17, 15) is 9.59 Å². The Hall–Kier alpha value is -1.85. The van der Waals surface area contributed by atoms with Crippen LogP contribution in [-0.2, 0) is 16.1 Å². The molecule has 16 heavy (non-hydrogen) atoms. The molecule has 0 radical (unpaired) electrons. The molecule has 6 nitrogen and oxygen atoms in total. The summed E-state index contributed by atoms with van der Waals surface area (Å²) in [6.07, 6.45) is 0.430. The van der Waals surface area contributed by atoms with Gasteiger partial charge in [0.25, 0.3) is 0 Å². The number of carboxylic acids is 1. The number of hydrogen-bond acceptors (Lipinski definition) is 4. The van der Waals surface area contributed by atoms with Gasteiger partial charge in [-0.05, 0) is 13.3 Å². The Labute approximate surface area is 91.6 Å². The van der Waals surface area contributed by atoms with E-state index in [2.05, 4.69) is 10.5 Å². The molecule has 2 N–H and O–H groups in total. The predicted molar refractivity (Wildman–Crippen MR) is 52.3 cm³/mol. The summed E-state index contributed by atoms with van der Waals surface area (Å²) >= 11 is 0. The highest BCUT2D eigenvalue weighted by atomic mass is 16.5. The van der Waals surface area contributed by atoms with E-state index in [1.807, 2.05) is 0 Å². The van der Waals surface area contributed by atoms with E-state index >= 15 is 0 Å². The number of carboxylic acid groups (broad SMARTS) is 1. The summed E-state index contributed by atoms with van der Waals surface area (Å²) in [5.41, 5.74) is 0.637. The molecule has 0 aliphatic heterocycles. The monoisotopic (exact) mass is 224 g/mol. The van der Waals surface area contributed by atoms with Crippen LogP contribution in [0.2, 0.25) is 0 Å². The molecular weight excluding hydrogens is 212 g/mol. The van der Waals surface area contributed by atoms with E-state index in [1.54, 1.807) is 13.0 Å². The second kappa shape index (κ2) is 3.96. The van der Waals surface area contributed by atoms with Crippen molar-refractivity contribution in [3.8, 4) is 0 Å². The molecule has 0 bridgehead atoms. The molecule has 2 unspecified atom stereocenters. The molecule has 0 spiro atoms. The van der Waals surface area contributed by atoms with Crippen molar-refractivity contribution in [2.45, 2.75) is 19.9 Å². The molecule has 1 fully saturated rings. The van der Waals surface area contributed by atoms with Gasteiger partial charge in [-0.15, -0.1) is 0 Å². The SMILES string of the molecule is Cc1cc(CNC(=O)C2CC2C(=O)O)no1. The lowest BCUT2D eigenvalue weighted by Gasteiger charge is -2.00. The van der Waals surface area contributed by atoms with E-state index in [4.69, 9.17) is 9.63 Å². The molecule has 1 aliphatic rings. The van der Waals surface area contributed by atoms with E-state index < -0.39 is 11.9 Å². The molecule has 1 aliphatic carbocycles. The molecule has 1 saturated carbocycles. The van der Waals surface area contributed by atoms with E-state index in [-0.39, 0.29) is 18.4 Å². The minimum absolute atomic E-state index is 0.229. The largest absolute Gasteiger partial charge is 0.481 e. The van der Waals surface area contributed by atoms with Crippen LogP contribution in [0.1, 0.15) is 17.9 Å². The molecule has 1 heterocycles. The molecule has 86 valence electrons. The van der Waals surface area contributed by atoms with Gasteiger partial charge in [-0.1, -0.05) is 5.16 Å². The van der Waals surface area contributed by atoms with Gasteiger partial charge < -0.3 is 14.9 Å². The average Bonchev–Trinajstić information content (AvgIpc) is 2.93. The first-order valence-electron chi connectivity index (χ1n) is 5.00. The fraction of sp³-hybridized carbons (Fsp3) is 0.500. The topological polar surface area (TPSA) is 92.4 Å². The van der Waals surface area contributed by atoms with Crippen LogP contribution >= 0.6 is 0 Å². The van der Waals surface area contributed by atoms with Crippen molar-refractivity contribution >= 4 is 11.9 Å². The second-order valence-corrected chi connectivity index (χ2v) is 3.93. The number of hydrogen-bond donors (Lipinski definition) is 2. The lowest BCUT2D eigenvalue weighted by Crippen LogP contribution is -2.26. The van der Waals surface area contributed by atoms with Gasteiger partial charge in [-0.25, -0.2) is 0 Å². The molecule has 0 aromatic carbocycles. The van der Waals surface area contributed by atoms with E-state index in [0.29, 0.717) is 17.9 Å². The predicted octanol–water partition coefficient (Wildman–Crippen LogP) is 0.320. The van der Waals surface area contributed by atoms with Crippen molar-refractivity contribution in [3.05, 3.63) is 17.5 Å². The van der Waals surface area contributed by atoms with Crippen molar-refractivity contribution in [3.63, 3.8) is 0 Å². The van der Waals surface area contributed by atoms with Crippen molar-refractivity contribution < 1.29 is 19.2 Å². The average molecular weight is 224 g/mol. The van der Waals surface area contributed by atoms with Crippen LogP contribution in [0.5, 0.6) is 0 Å². The van der Waals surface area contributed by atoms with Gasteiger partial charge in [0.05, 0.1) is 18.4 Å². The fourth-order valence-electron chi connectivity index (χ4n) is 1.57. The number of aliphatic carboxylic acids is 1. The van der Waals surface area contributed by atoms with Crippen LogP contribution < -0.4 is 5.32 Å². The molecule has 0 saturated heterocycles. The molecule has 6 heteroatoms. The Kier molecular flexibility index (Phi) is 2.64. The highest BCUT2D eigenvalue weighted by Crippen LogP contribution is 2.38. The molecule has 1 aromatic rings. The lowest BCUT2D eigenvalue weighted by atomic mass is 10.3. The molecule has 1 amide bonds.